The lowest BCUT2D eigenvalue weighted by Gasteiger charge is -2.20. The molecule has 0 aliphatic carbocycles. The number of aromatic nitrogens is 1. The maximum absolute atomic E-state index is 8.90. The molecule has 0 radical (unpaired) electrons. The summed E-state index contributed by atoms with van der Waals surface area (Å²) in [6, 6.07) is 18.6. The average Bonchev–Trinajstić information content (AvgIpc) is 2.95. The highest BCUT2D eigenvalue weighted by atomic mass is 16.4. The molecular formula is C20H20N4O. The molecule has 2 heterocycles. The van der Waals surface area contributed by atoms with Gasteiger partial charge in [-0.15, -0.1) is 0 Å². The van der Waals surface area contributed by atoms with Crippen LogP contribution in [0, 0.1) is 11.3 Å². The van der Waals surface area contributed by atoms with Gasteiger partial charge in [0.25, 0.3) is 6.01 Å². The Kier molecular flexibility index (Phi) is 4.36. The zero-order valence-corrected chi connectivity index (χ0v) is 14.1. The van der Waals surface area contributed by atoms with Gasteiger partial charge >= 0.3 is 0 Å². The number of anilines is 1. The Morgan fingerprint density at radius 2 is 1.84 bits per heavy atom. The van der Waals surface area contributed by atoms with Crippen LogP contribution in [0.5, 0.6) is 0 Å². The van der Waals surface area contributed by atoms with Crippen molar-refractivity contribution in [1.29, 1.82) is 5.26 Å². The van der Waals surface area contributed by atoms with Crippen molar-refractivity contribution in [3.05, 3.63) is 59.7 Å². The Morgan fingerprint density at radius 3 is 2.64 bits per heavy atom. The summed E-state index contributed by atoms with van der Waals surface area (Å²) in [6.45, 7) is 4.79. The zero-order valence-electron chi connectivity index (χ0n) is 14.1. The lowest BCUT2D eigenvalue weighted by atomic mass is 10.1. The Balaban J connectivity index is 1.42. The first kappa shape index (κ1) is 15.7. The predicted molar refractivity (Wildman–Crippen MR) is 97.3 cm³/mol. The summed E-state index contributed by atoms with van der Waals surface area (Å²) in [6.07, 6.45) is 1.08. The maximum atomic E-state index is 8.90. The molecule has 0 spiro atoms. The van der Waals surface area contributed by atoms with Gasteiger partial charge in [0.05, 0.1) is 11.6 Å². The molecule has 4 rings (SSSR count). The Hall–Kier alpha value is -2.84. The molecular weight excluding hydrogens is 312 g/mol. The predicted octanol–water partition coefficient (Wildman–Crippen LogP) is 3.41. The fourth-order valence-corrected chi connectivity index (χ4v) is 3.26. The van der Waals surface area contributed by atoms with Gasteiger partial charge < -0.3 is 9.32 Å². The van der Waals surface area contributed by atoms with Crippen LogP contribution in [0.25, 0.3) is 11.1 Å². The number of hydrogen-bond acceptors (Lipinski definition) is 5. The van der Waals surface area contributed by atoms with Crippen LogP contribution in [0.3, 0.4) is 0 Å². The van der Waals surface area contributed by atoms with Crippen molar-refractivity contribution in [2.24, 2.45) is 0 Å². The highest BCUT2D eigenvalue weighted by molar-refractivity contribution is 5.74. The number of rotatable bonds is 3. The van der Waals surface area contributed by atoms with E-state index in [1.807, 2.05) is 48.5 Å². The molecule has 1 aromatic heterocycles. The Bertz CT molecular complexity index is 861. The summed E-state index contributed by atoms with van der Waals surface area (Å²) in [5.74, 6) is 0. The number of benzene rings is 2. The molecule has 0 unspecified atom stereocenters. The normalized spacial score (nSPS) is 15.9. The van der Waals surface area contributed by atoms with Crippen LogP contribution in [0.2, 0.25) is 0 Å². The van der Waals surface area contributed by atoms with Crippen molar-refractivity contribution in [3.63, 3.8) is 0 Å². The molecule has 25 heavy (non-hydrogen) atoms. The first-order valence-corrected chi connectivity index (χ1v) is 8.64. The molecule has 1 aliphatic heterocycles. The van der Waals surface area contributed by atoms with E-state index in [1.165, 1.54) is 5.56 Å². The van der Waals surface area contributed by atoms with E-state index >= 15 is 0 Å². The topological polar surface area (TPSA) is 56.3 Å². The third-order valence-electron chi connectivity index (χ3n) is 4.63. The van der Waals surface area contributed by atoms with Gasteiger partial charge in [-0.05, 0) is 36.2 Å². The second kappa shape index (κ2) is 6.96. The largest absolute Gasteiger partial charge is 0.423 e. The smallest absolute Gasteiger partial charge is 0.298 e. The summed E-state index contributed by atoms with van der Waals surface area (Å²) in [5.41, 5.74) is 3.71. The molecule has 1 aliphatic rings. The van der Waals surface area contributed by atoms with E-state index in [-0.39, 0.29) is 0 Å². The average molecular weight is 332 g/mol. The summed E-state index contributed by atoms with van der Waals surface area (Å²) < 4.78 is 5.91. The molecule has 0 saturated carbocycles. The van der Waals surface area contributed by atoms with E-state index in [0.29, 0.717) is 5.56 Å². The molecule has 0 N–H and O–H groups in total. The molecule has 3 aromatic rings. The molecule has 126 valence electrons. The second-order valence-electron chi connectivity index (χ2n) is 6.39. The van der Waals surface area contributed by atoms with Crippen LogP contribution in [0.4, 0.5) is 6.01 Å². The minimum absolute atomic E-state index is 0.710. The summed E-state index contributed by atoms with van der Waals surface area (Å²) in [5, 5.41) is 8.90. The van der Waals surface area contributed by atoms with Crippen molar-refractivity contribution in [3.8, 4) is 6.07 Å². The van der Waals surface area contributed by atoms with Gasteiger partial charge in [0.15, 0.2) is 5.58 Å². The monoisotopic (exact) mass is 332 g/mol. The number of hydrogen-bond donors (Lipinski definition) is 0. The van der Waals surface area contributed by atoms with Crippen LogP contribution in [0.15, 0.2) is 52.9 Å². The van der Waals surface area contributed by atoms with Crippen LogP contribution < -0.4 is 4.90 Å². The highest BCUT2D eigenvalue weighted by Crippen LogP contribution is 2.22. The van der Waals surface area contributed by atoms with Gasteiger partial charge in [0.1, 0.15) is 5.52 Å². The highest BCUT2D eigenvalue weighted by Gasteiger charge is 2.19. The summed E-state index contributed by atoms with van der Waals surface area (Å²) >= 11 is 0. The van der Waals surface area contributed by atoms with Crippen LogP contribution in [-0.2, 0) is 6.54 Å². The minimum Gasteiger partial charge on any atom is -0.423 e. The molecule has 2 aromatic carbocycles. The molecule has 5 heteroatoms. The van der Waals surface area contributed by atoms with Gasteiger partial charge in [-0.2, -0.15) is 10.2 Å². The first-order valence-electron chi connectivity index (χ1n) is 8.64. The molecule has 0 amide bonds. The molecule has 0 bridgehead atoms. The van der Waals surface area contributed by atoms with E-state index in [0.717, 1.165) is 56.3 Å². The van der Waals surface area contributed by atoms with Crippen molar-refractivity contribution in [2.45, 2.75) is 13.0 Å². The van der Waals surface area contributed by atoms with Crippen molar-refractivity contribution >= 4 is 17.1 Å². The number of nitrogens with zero attached hydrogens (tertiary/aromatic N) is 4. The third-order valence-corrected chi connectivity index (χ3v) is 4.63. The molecule has 1 saturated heterocycles. The number of fused-ring (bicyclic) bond motifs is 1. The number of para-hydroxylation sites is 2. The lowest BCUT2D eigenvalue weighted by Crippen LogP contribution is -2.30. The van der Waals surface area contributed by atoms with E-state index in [2.05, 4.69) is 20.9 Å². The van der Waals surface area contributed by atoms with Gasteiger partial charge in [-0.1, -0.05) is 24.3 Å². The Labute approximate surface area is 147 Å². The van der Waals surface area contributed by atoms with Gasteiger partial charge in [0, 0.05) is 32.7 Å². The van der Waals surface area contributed by atoms with Crippen molar-refractivity contribution < 1.29 is 4.42 Å². The summed E-state index contributed by atoms with van der Waals surface area (Å²) in [7, 11) is 0. The lowest BCUT2D eigenvalue weighted by molar-refractivity contribution is 0.285. The number of nitriles is 1. The molecule has 5 nitrogen and oxygen atoms in total. The quantitative estimate of drug-likeness (QED) is 0.736. The summed E-state index contributed by atoms with van der Waals surface area (Å²) in [4.78, 5) is 9.30. The fraction of sp³-hybridized carbons (Fsp3) is 0.300. The first-order chi connectivity index (χ1) is 12.3. The van der Waals surface area contributed by atoms with Crippen LogP contribution in [-0.4, -0.2) is 36.1 Å². The van der Waals surface area contributed by atoms with Gasteiger partial charge in [0.2, 0.25) is 0 Å². The van der Waals surface area contributed by atoms with E-state index < -0.39 is 0 Å². The van der Waals surface area contributed by atoms with Crippen LogP contribution >= 0.6 is 0 Å². The molecule has 0 atom stereocenters. The molecule has 1 fully saturated rings. The minimum atomic E-state index is 0.710. The fourth-order valence-electron chi connectivity index (χ4n) is 3.26. The van der Waals surface area contributed by atoms with E-state index in [4.69, 9.17) is 9.68 Å². The zero-order chi connectivity index (χ0) is 17.1. The van der Waals surface area contributed by atoms with E-state index in [1.54, 1.807) is 0 Å². The van der Waals surface area contributed by atoms with E-state index in [9.17, 15) is 0 Å². The maximum Gasteiger partial charge on any atom is 0.298 e. The van der Waals surface area contributed by atoms with Crippen molar-refractivity contribution in [2.75, 3.05) is 31.1 Å². The van der Waals surface area contributed by atoms with Crippen LogP contribution in [0.1, 0.15) is 17.5 Å². The second-order valence-corrected chi connectivity index (χ2v) is 6.39. The van der Waals surface area contributed by atoms with Gasteiger partial charge in [-0.25, -0.2) is 0 Å². The SMILES string of the molecule is N#Cc1ccc(CN2CCCN(c3nc4ccccc4o3)CC2)cc1. The standard InChI is InChI=1S/C20H20N4O/c21-14-16-6-8-17(9-7-16)15-23-10-3-11-24(13-12-23)20-22-18-4-1-2-5-19(18)25-20/h1-2,4-9H,3,10-13,15H2. The van der Waals surface area contributed by atoms with Crippen molar-refractivity contribution in [1.82, 2.24) is 9.88 Å². The van der Waals surface area contributed by atoms with Gasteiger partial charge in [-0.3, -0.25) is 4.90 Å². The third kappa shape index (κ3) is 3.49. The Morgan fingerprint density at radius 1 is 1.00 bits per heavy atom. The number of oxazole rings is 1.